The predicted molar refractivity (Wildman–Crippen MR) is 277 cm³/mol. The van der Waals surface area contributed by atoms with Gasteiger partial charge >= 0.3 is 29.8 Å². The molecule has 0 aliphatic rings. The van der Waals surface area contributed by atoms with Gasteiger partial charge in [-0.25, -0.2) is 24.3 Å². The fourth-order valence-electron chi connectivity index (χ4n) is 7.35. The summed E-state index contributed by atoms with van der Waals surface area (Å²) in [7, 11) is 0. The molecule has 0 heterocycles. The zero-order chi connectivity index (χ0) is 54.7. The number of rotatable bonds is 51. The normalized spacial score (nSPS) is 12.2. The van der Waals surface area contributed by atoms with Gasteiger partial charge in [0.15, 0.2) is 0 Å². The van der Waals surface area contributed by atoms with Crippen LogP contribution in [0.2, 0.25) is 0 Å². The van der Waals surface area contributed by atoms with Gasteiger partial charge in [0, 0.05) is 6.08 Å². The molecule has 4 unspecified atom stereocenters. The molecule has 0 aromatic carbocycles. The van der Waals surface area contributed by atoms with Crippen molar-refractivity contribution in [2.45, 2.75) is 227 Å². The summed E-state index contributed by atoms with van der Waals surface area (Å²) in [4.78, 5) is 90.8. The van der Waals surface area contributed by atoms with Crippen molar-refractivity contribution in [3.8, 4) is 0 Å². The lowest BCUT2D eigenvalue weighted by atomic mass is 9.93. The molecule has 0 fully saturated rings. The van der Waals surface area contributed by atoms with Gasteiger partial charge in [-0.1, -0.05) is 182 Å². The van der Waals surface area contributed by atoms with Crippen LogP contribution >= 0.6 is 0 Å². The maximum Gasteiger partial charge on any atom is 0.327 e. The van der Waals surface area contributed by atoms with E-state index in [0.717, 1.165) is 198 Å². The van der Waals surface area contributed by atoms with Gasteiger partial charge in [0.05, 0.1) is 36.9 Å². The van der Waals surface area contributed by atoms with E-state index >= 15 is 0 Å². The molecule has 0 saturated carbocycles. The fourth-order valence-corrected chi connectivity index (χ4v) is 7.35. The summed E-state index contributed by atoms with van der Waals surface area (Å²) in [6.07, 6.45) is 32.6. The summed E-state index contributed by atoms with van der Waals surface area (Å²) in [5.74, 6) is -4.56. The zero-order valence-electron chi connectivity index (χ0n) is 45.0. The first-order valence-electron chi connectivity index (χ1n) is 26.8. The van der Waals surface area contributed by atoms with E-state index in [-0.39, 0.29) is 37.3 Å². The molecule has 18 nitrogen and oxygen atoms in total. The van der Waals surface area contributed by atoms with Crippen molar-refractivity contribution in [3.63, 3.8) is 0 Å². The number of carboxylic acids is 5. The van der Waals surface area contributed by atoms with E-state index in [1.807, 2.05) is 13.8 Å². The van der Waals surface area contributed by atoms with E-state index in [4.69, 9.17) is 24.7 Å². The van der Waals surface area contributed by atoms with Crippen LogP contribution in [0.25, 0.3) is 0 Å². The molecule has 4 atom stereocenters. The van der Waals surface area contributed by atoms with Gasteiger partial charge in [-0.2, -0.15) is 9.78 Å². The maximum atomic E-state index is 11.5. The summed E-state index contributed by atoms with van der Waals surface area (Å²) in [6.45, 7) is 18.6. The Kier molecular flexibility index (Phi) is 63.3. The molecular formula is C54H100O18. The lowest BCUT2D eigenvalue weighted by Crippen LogP contribution is -2.14. The summed E-state index contributed by atoms with van der Waals surface area (Å²) >= 11 is 0. The molecule has 0 aliphatic carbocycles. The van der Waals surface area contributed by atoms with Crippen molar-refractivity contribution in [3.05, 3.63) is 38.3 Å². The highest BCUT2D eigenvalue weighted by molar-refractivity contribution is 5.78. The number of hydrogen-bond donors (Lipinski definition) is 5. The number of carbonyl (C=O) groups is 5. The highest BCUT2D eigenvalue weighted by Gasteiger charge is 2.19. The Hall–Kier alpha value is -4.07. The monoisotopic (exact) mass is 1040 g/mol. The zero-order valence-corrected chi connectivity index (χ0v) is 45.0. The van der Waals surface area contributed by atoms with Crippen LogP contribution in [0.3, 0.4) is 0 Å². The van der Waals surface area contributed by atoms with Gasteiger partial charge in [0.2, 0.25) is 13.6 Å². The third kappa shape index (κ3) is 60.2. The third-order valence-corrected chi connectivity index (χ3v) is 11.4. The van der Waals surface area contributed by atoms with Gasteiger partial charge in [-0.3, -0.25) is 19.2 Å². The molecule has 72 heavy (non-hydrogen) atoms. The quantitative estimate of drug-likeness (QED) is 0.00947. The number of aliphatic carboxylic acids is 5. The second-order valence-electron chi connectivity index (χ2n) is 17.6. The Bertz CT molecular complexity index is 1250. The summed E-state index contributed by atoms with van der Waals surface area (Å²) in [5.41, 5.74) is 0. The second kappa shape index (κ2) is 61.2. The van der Waals surface area contributed by atoms with Crippen LogP contribution in [0, 0.1) is 23.7 Å². The first kappa shape index (κ1) is 74.5. The van der Waals surface area contributed by atoms with Crippen molar-refractivity contribution in [2.24, 2.45) is 23.7 Å². The predicted octanol–water partition coefficient (Wildman–Crippen LogP) is 14.2. The third-order valence-electron chi connectivity index (χ3n) is 11.4. The molecule has 0 aliphatic heterocycles. The number of hydrogen-bond acceptors (Lipinski definition) is 13. The Morgan fingerprint density at radius 1 is 0.347 bits per heavy atom. The largest absolute Gasteiger partial charge is 0.481 e. The summed E-state index contributed by atoms with van der Waals surface area (Å²) in [6, 6.07) is 0. The van der Waals surface area contributed by atoms with Crippen molar-refractivity contribution < 1.29 is 88.6 Å². The smallest absolute Gasteiger partial charge is 0.327 e. The molecule has 0 aromatic heterocycles. The molecule has 0 bridgehead atoms. The first-order valence-corrected chi connectivity index (χ1v) is 26.8. The number of carboxylic acid groups (broad SMARTS) is 5. The van der Waals surface area contributed by atoms with Gasteiger partial charge in [-0.15, -0.1) is 0 Å². The fraction of sp³-hybridized carbons (Fsp3) is 0.796. The van der Waals surface area contributed by atoms with E-state index in [1.54, 1.807) is 0 Å². The van der Waals surface area contributed by atoms with E-state index in [0.29, 0.717) is 13.2 Å². The van der Waals surface area contributed by atoms with Crippen LogP contribution in [0.15, 0.2) is 38.3 Å². The summed E-state index contributed by atoms with van der Waals surface area (Å²) < 4.78 is 0. The van der Waals surface area contributed by atoms with Crippen LogP contribution in [0.4, 0.5) is 0 Å². The molecule has 0 amide bonds. The molecular weight excluding hydrogens is 937 g/mol. The highest BCUT2D eigenvalue weighted by Crippen LogP contribution is 2.23. The van der Waals surface area contributed by atoms with Crippen molar-refractivity contribution in [2.75, 3.05) is 26.8 Å². The summed E-state index contributed by atoms with van der Waals surface area (Å²) in [5, 5.41) is 44.8. The van der Waals surface area contributed by atoms with Gasteiger partial charge in [-0.05, 0) is 64.2 Å². The second-order valence-corrected chi connectivity index (χ2v) is 17.6. The minimum atomic E-state index is -0.981. The molecule has 0 saturated heterocycles. The Morgan fingerprint density at radius 3 is 0.944 bits per heavy atom. The lowest BCUT2D eigenvalue weighted by molar-refractivity contribution is -0.418. The van der Waals surface area contributed by atoms with Crippen molar-refractivity contribution in [1.82, 2.24) is 0 Å². The van der Waals surface area contributed by atoms with E-state index < -0.39 is 29.8 Å². The molecule has 0 radical (unpaired) electrons. The van der Waals surface area contributed by atoms with Crippen LogP contribution in [-0.4, -0.2) is 82.2 Å². The first-order chi connectivity index (χ1) is 34.7. The standard InChI is InChI=1S/C25H48O8.C21H40O4.C5H8O4.C3H4O2/c1-3-15-22(24(26)27)16-12-8-9-13-18-23(25(28)29)17-11-7-5-6-10-14-20-31-33-21-32-30-19-4-2;1-3-5-7-8-11-16-19(21(24)25)17-13-10-9-12-15-18(20(22)23)14-6-4-2;1-3-6-8-5-9-7-4-2;1-2-3(4)5/h22-23H,3-21H2,1-2H3,(H,26,27)(H,28,29);18-19H,3-17H2,1-2H3,(H,22,23)(H,24,25);3-4H,1-2,5H2;2H,1H2,(H,4,5). The van der Waals surface area contributed by atoms with Crippen molar-refractivity contribution >= 4 is 29.8 Å². The maximum absolute atomic E-state index is 11.5. The van der Waals surface area contributed by atoms with Crippen LogP contribution < -0.4 is 0 Å². The Morgan fingerprint density at radius 2 is 0.639 bits per heavy atom. The SMILES string of the molecule is C=CC(=O)O.C=COOCOOC=C.CCCCCCCC(CCCCCCC(CCCC)C(=O)O)C(=O)O.CCCOOCOOCCCCCCCCC(CCCCCCC(CCC)C(=O)O)C(=O)O. The van der Waals surface area contributed by atoms with E-state index in [1.165, 1.54) is 19.3 Å². The minimum Gasteiger partial charge on any atom is -0.481 e. The van der Waals surface area contributed by atoms with E-state index in [2.05, 4.69) is 53.1 Å². The molecule has 0 aromatic rings. The molecule has 18 heteroatoms. The highest BCUT2D eigenvalue weighted by atomic mass is 17.3. The number of unbranched alkanes of at least 4 members (excludes halogenated alkanes) is 16. The molecule has 424 valence electrons. The van der Waals surface area contributed by atoms with Gasteiger partial charge in [0.25, 0.3) is 0 Å². The van der Waals surface area contributed by atoms with Crippen LogP contribution in [-0.2, 0) is 63.1 Å². The molecule has 0 spiro atoms. The topological polar surface area (TPSA) is 260 Å². The average molecular weight is 1040 g/mol. The molecule has 5 N–H and O–H groups in total. The van der Waals surface area contributed by atoms with Gasteiger partial charge in [0.1, 0.15) is 12.5 Å². The van der Waals surface area contributed by atoms with Crippen LogP contribution in [0.5, 0.6) is 0 Å². The van der Waals surface area contributed by atoms with Crippen molar-refractivity contribution in [1.29, 1.82) is 0 Å². The Balaban J connectivity index is -0.000000516. The van der Waals surface area contributed by atoms with Gasteiger partial charge < -0.3 is 35.3 Å². The average Bonchev–Trinajstić information content (AvgIpc) is 3.35. The Labute approximate surface area is 432 Å². The minimum absolute atomic E-state index is 0.0328. The lowest BCUT2D eigenvalue weighted by Gasteiger charge is -2.13. The van der Waals surface area contributed by atoms with Crippen LogP contribution in [0.1, 0.15) is 227 Å². The molecule has 0 rings (SSSR count). The van der Waals surface area contributed by atoms with E-state index in [9.17, 15) is 44.4 Å².